The number of aromatic nitrogens is 2. The monoisotopic (exact) mass is 347 g/mol. The third-order valence-electron chi connectivity index (χ3n) is 3.50. The van der Waals surface area contributed by atoms with E-state index in [4.69, 9.17) is 13.3 Å². The number of nitrogens with one attached hydrogen (secondary N) is 1. The molecule has 128 valence electrons. The topological polar surface area (TPSA) is 94.3 Å². The molecule has 0 aliphatic rings. The molecule has 7 heteroatoms. The minimum atomic E-state index is -0.257. The van der Waals surface area contributed by atoms with Crippen molar-refractivity contribution in [3.05, 3.63) is 72.9 Å². The van der Waals surface area contributed by atoms with Crippen LogP contribution >= 0.6 is 0 Å². The number of nitrogens with zero attached hydrogens (tertiary/aromatic N) is 2. The van der Waals surface area contributed by atoms with Crippen LogP contribution in [0.25, 0.3) is 29.2 Å². The van der Waals surface area contributed by atoms with Gasteiger partial charge in [0.1, 0.15) is 5.76 Å². The molecule has 0 spiro atoms. The average Bonchev–Trinajstić information content (AvgIpc) is 3.42. The molecule has 0 unspecified atom stereocenters. The van der Waals surface area contributed by atoms with Crippen LogP contribution in [-0.4, -0.2) is 16.1 Å². The minimum Gasteiger partial charge on any atom is -0.465 e. The van der Waals surface area contributed by atoms with Gasteiger partial charge in [0.2, 0.25) is 11.8 Å². The molecule has 3 heterocycles. The van der Waals surface area contributed by atoms with Crippen molar-refractivity contribution in [3.63, 3.8) is 0 Å². The lowest BCUT2D eigenvalue weighted by Crippen LogP contribution is -2.07. The van der Waals surface area contributed by atoms with Crippen molar-refractivity contribution in [1.29, 1.82) is 0 Å². The molecule has 0 fully saturated rings. The highest BCUT2D eigenvalue weighted by Crippen LogP contribution is 2.25. The average molecular weight is 347 g/mol. The fourth-order valence-corrected chi connectivity index (χ4v) is 2.26. The Morgan fingerprint density at radius 3 is 2.42 bits per heavy atom. The first kappa shape index (κ1) is 15.6. The summed E-state index contributed by atoms with van der Waals surface area (Å²) in [6.45, 7) is 0. The van der Waals surface area contributed by atoms with E-state index in [1.54, 1.807) is 60.9 Å². The van der Waals surface area contributed by atoms with Gasteiger partial charge in [-0.25, -0.2) is 0 Å². The smallest absolute Gasteiger partial charge is 0.283 e. The molecule has 7 nitrogen and oxygen atoms in total. The Labute approximate surface area is 148 Å². The number of carbonyl (C=O) groups is 1. The number of furan rings is 2. The second-order valence-corrected chi connectivity index (χ2v) is 5.31. The second kappa shape index (κ2) is 6.94. The first-order valence-corrected chi connectivity index (χ1v) is 7.78. The maximum absolute atomic E-state index is 11.9. The van der Waals surface area contributed by atoms with Crippen LogP contribution in [0.15, 0.2) is 80.4 Å². The van der Waals surface area contributed by atoms with E-state index in [0.29, 0.717) is 29.0 Å². The zero-order valence-corrected chi connectivity index (χ0v) is 13.5. The van der Waals surface area contributed by atoms with Crippen molar-refractivity contribution in [2.45, 2.75) is 0 Å². The predicted octanol–water partition coefficient (Wildman–Crippen LogP) is 4.24. The van der Waals surface area contributed by atoms with Gasteiger partial charge in [0.05, 0.1) is 12.5 Å². The van der Waals surface area contributed by atoms with Gasteiger partial charge in [-0.05, 0) is 54.6 Å². The van der Waals surface area contributed by atoms with E-state index in [2.05, 4.69) is 15.5 Å². The molecule has 0 saturated carbocycles. The van der Waals surface area contributed by atoms with Gasteiger partial charge in [0, 0.05) is 17.3 Å². The van der Waals surface area contributed by atoms with Gasteiger partial charge in [0.15, 0.2) is 5.76 Å². The summed E-state index contributed by atoms with van der Waals surface area (Å²) in [4.78, 5) is 11.9. The van der Waals surface area contributed by atoms with E-state index in [0.717, 1.165) is 5.56 Å². The van der Waals surface area contributed by atoms with Crippen molar-refractivity contribution in [3.8, 4) is 23.1 Å². The van der Waals surface area contributed by atoms with Crippen molar-refractivity contribution in [2.75, 3.05) is 5.32 Å². The molecule has 1 N–H and O–H groups in total. The van der Waals surface area contributed by atoms with Gasteiger partial charge in [-0.3, -0.25) is 4.79 Å². The molecule has 1 aromatic carbocycles. The summed E-state index contributed by atoms with van der Waals surface area (Å²) in [6, 6.07) is 14.1. The number of hydrogen-bond donors (Lipinski definition) is 1. The molecule has 0 saturated heterocycles. The molecule has 0 atom stereocenters. The number of rotatable bonds is 5. The van der Waals surface area contributed by atoms with E-state index in [9.17, 15) is 4.79 Å². The lowest BCUT2D eigenvalue weighted by atomic mass is 10.2. The number of benzene rings is 1. The summed E-state index contributed by atoms with van der Waals surface area (Å²) in [6.07, 6.45) is 6.08. The van der Waals surface area contributed by atoms with E-state index >= 15 is 0 Å². The van der Waals surface area contributed by atoms with Crippen LogP contribution in [0.2, 0.25) is 0 Å². The predicted molar refractivity (Wildman–Crippen MR) is 93.8 cm³/mol. The Morgan fingerprint density at radius 1 is 0.923 bits per heavy atom. The lowest BCUT2D eigenvalue weighted by Gasteiger charge is -2.02. The minimum absolute atomic E-state index is 0.257. The standard InChI is InChI=1S/C19H13N3O4/c23-17(10-9-15-3-1-11-24-15)20-14-7-5-13(6-8-14)18-21-22-19(26-18)16-4-2-12-25-16/h1-12H,(H,20,23)/b10-9-. The van der Waals surface area contributed by atoms with Crippen molar-refractivity contribution < 1.29 is 18.0 Å². The molecule has 0 aliphatic carbocycles. The molecule has 0 bridgehead atoms. The molecule has 26 heavy (non-hydrogen) atoms. The fraction of sp³-hybridized carbons (Fsp3) is 0. The van der Waals surface area contributed by atoms with Gasteiger partial charge < -0.3 is 18.6 Å². The summed E-state index contributed by atoms with van der Waals surface area (Å²) >= 11 is 0. The molecule has 4 aromatic rings. The highest BCUT2D eigenvalue weighted by molar-refractivity contribution is 6.01. The maximum atomic E-state index is 11.9. The first-order chi connectivity index (χ1) is 12.8. The molecule has 1 amide bonds. The van der Waals surface area contributed by atoms with Crippen LogP contribution in [0, 0.1) is 0 Å². The summed E-state index contributed by atoms with van der Waals surface area (Å²) in [7, 11) is 0. The van der Waals surface area contributed by atoms with Gasteiger partial charge in [0.25, 0.3) is 5.89 Å². The zero-order chi connectivity index (χ0) is 17.8. The van der Waals surface area contributed by atoms with Crippen LogP contribution in [0.3, 0.4) is 0 Å². The van der Waals surface area contributed by atoms with Gasteiger partial charge in [-0.1, -0.05) is 0 Å². The maximum Gasteiger partial charge on any atom is 0.283 e. The van der Waals surface area contributed by atoms with Gasteiger partial charge in [-0.2, -0.15) is 0 Å². The SMILES string of the molecule is O=C(/C=C\c1ccco1)Nc1ccc(-c2nnc(-c3ccco3)o2)cc1. The Balaban J connectivity index is 1.43. The Bertz CT molecular complexity index is 1010. The zero-order valence-electron chi connectivity index (χ0n) is 13.5. The summed E-state index contributed by atoms with van der Waals surface area (Å²) in [5.41, 5.74) is 1.38. The number of hydrogen-bond acceptors (Lipinski definition) is 6. The Morgan fingerprint density at radius 2 is 1.69 bits per heavy atom. The van der Waals surface area contributed by atoms with Crippen molar-refractivity contribution in [2.24, 2.45) is 0 Å². The molecule has 0 radical (unpaired) electrons. The molecule has 4 rings (SSSR count). The van der Waals surface area contributed by atoms with Crippen LogP contribution in [0.5, 0.6) is 0 Å². The summed E-state index contributed by atoms with van der Waals surface area (Å²) in [5, 5.41) is 10.7. The van der Waals surface area contributed by atoms with E-state index in [1.165, 1.54) is 12.3 Å². The molecule has 3 aromatic heterocycles. The summed E-state index contributed by atoms with van der Waals surface area (Å²) < 4.78 is 15.9. The number of anilines is 1. The molecule has 0 aliphatic heterocycles. The Hall–Kier alpha value is -3.87. The van der Waals surface area contributed by atoms with E-state index < -0.39 is 0 Å². The van der Waals surface area contributed by atoms with Gasteiger partial charge >= 0.3 is 0 Å². The molecular formula is C19H13N3O4. The first-order valence-electron chi connectivity index (χ1n) is 7.78. The van der Waals surface area contributed by atoms with Crippen LogP contribution < -0.4 is 5.32 Å². The normalized spacial score (nSPS) is 11.1. The fourth-order valence-electron chi connectivity index (χ4n) is 2.26. The number of carbonyl (C=O) groups excluding carboxylic acids is 1. The van der Waals surface area contributed by atoms with Crippen LogP contribution in [-0.2, 0) is 4.79 Å². The highest BCUT2D eigenvalue weighted by Gasteiger charge is 2.12. The van der Waals surface area contributed by atoms with E-state index in [-0.39, 0.29) is 5.91 Å². The highest BCUT2D eigenvalue weighted by atomic mass is 16.4. The van der Waals surface area contributed by atoms with Crippen LogP contribution in [0.1, 0.15) is 5.76 Å². The second-order valence-electron chi connectivity index (χ2n) is 5.31. The lowest BCUT2D eigenvalue weighted by molar-refractivity contribution is -0.111. The quantitative estimate of drug-likeness (QED) is 0.543. The Kier molecular flexibility index (Phi) is 4.17. The largest absolute Gasteiger partial charge is 0.465 e. The van der Waals surface area contributed by atoms with Crippen molar-refractivity contribution in [1.82, 2.24) is 10.2 Å². The third-order valence-corrected chi connectivity index (χ3v) is 3.50. The number of amides is 1. The van der Waals surface area contributed by atoms with Gasteiger partial charge in [-0.15, -0.1) is 10.2 Å². The van der Waals surface area contributed by atoms with Crippen molar-refractivity contribution >= 4 is 17.7 Å². The van der Waals surface area contributed by atoms with Crippen LogP contribution in [0.4, 0.5) is 5.69 Å². The third kappa shape index (κ3) is 3.46. The summed E-state index contributed by atoms with van der Waals surface area (Å²) in [5.74, 6) is 1.54. The molecular weight excluding hydrogens is 334 g/mol. The van der Waals surface area contributed by atoms with E-state index in [1.807, 2.05) is 0 Å².